The van der Waals surface area contributed by atoms with Crippen molar-refractivity contribution in [1.29, 1.82) is 0 Å². The molecule has 0 saturated carbocycles. The predicted octanol–water partition coefficient (Wildman–Crippen LogP) is 3.02. The molecule has 0 aliphatic carbocycles. The molecule has 4 N–H and O–H groups in total. The number of anilines is 1. The highest BCUT2D eigenvalue weighted by Crippen LogP contribution is 2.28. The van der Waals surface area contributed by atoms with E-state index in [2.05, 4.69) is 25.3 Å². The van der Waals surface area contributed by atoms with Crippen LogP contribution >= 0.6 is 11.6 Å². The van der Waals surface area contributed by atoms with Gasteiger partial charge in [-0.15, -0.1) is 0 Å². The summed E-state index contributed by atoms with van der Waals surface area (Å²) in [5.74, 6) is 0.115. The molecule has 0 spiro atoms. The van der Waals surface area contributed by atoms with Gasteiger partial charge in [0.15, 0.2) is 17.5 Å². The van der Waals surface area contributed by atoms with E-state index in [1.807, 2.05) is 0 Å². The molecule has 1 aliphatic heterocycles. The fourth-order valence-corrected chi connectivity index (χ4v) is 3.61. The number of carbonyl (C=O) groups excluding carboxylic acids is 1. The van der Waals surface area contributed by atoms with Crippen LogP contribution < -0.4 is 11.1 Å². The van der Waals surface area contributed by atoms with Gasteiger partial charge in [-0.05, 0) is 24.8 Å². The van der Waals surface area contributed by atoms with Crippen molar-refractivity contribution >= 4 is 34.5 Å². The molecule has 0 bridgehead atoms. The van der Waals surface area contributed by atoms with Gasteiger partial charge in [0.25, 0.3) is 0 Å². The Morgan fingerprint density at radius 1 is 1.43 bits per heavy atom. The highest BCUT2D eigenvalue weighted by Gasteiger charge is 2.22. The monoisotopic (exact) mass is 403 g/mol. The molecule has 2 amide bonds. The molecule has 28 heavy (non-hydrogen) atoms. The molecular weight excluding hydrogens is 385 g/mol. The van der Waals surface area contributed by atoms with Crippen LogP contribution in [-0.2, 0) is 0 Å². The number of pyridine rings is 1. The maximum Gasteiger partial charge on any atom is 0.314 e. The fourth-order valence-electron chi connectivity index (χ4n) is 3.46. The molecule has 1 aliphatic rings. The van der Waals surface area contributed by atoms with Crippen LogP contribution in [0.1, 0.15) is 12.8 Å². The molecule has 1 saturated heterocycles. The number of hydrogen-bond acceptors (Lipinski definition) is 5. The number of nitrogens with two attached hydrogens (primary N) is 1. The summed E-state index contributed by atoms with van der Waals surface area (Å²) in [6.45, 7) is 1.70. The summed E-state index contributed by atoms with van der Waals surface area (Å²) >= 11 is 6.03. The van der Waals surface area contributed by atoms with Crippen LogP contribution in [0.25, 0.3) is 22.4 Å². The van der Waals surface area contributed by atoms with Gasteiger partial charge in [0.1, 0.15) is 5.65 Å². The molecule has 146 valence electrons. The van der Waals surface area contributed by atoms with E-state index in [0.29, 0.717) is 41.7 Å². The van der Waals surface area contributed by atoms with E-state index < -0.39 is 11.8 Å². The van der Waals surface area contributed by atoms with E-state index in [1.54, 1.807) is 23.4 Å². The first-order valence-corrected chi connectivity index (χ1v) is 9.33. The summed E-state index contributed by atoms with van der Waals surface area (Å²) in [6, 6.07) is 1.34. The lowest BCUT2D eigenvalue weighted by Gasteiger charge is -2.31. The minimum Gasteiger partial charge on any atom is -0.367 e. The fraction of sp³-hybridized carbons (Fsp3) is 0.333. The number of urea groups is 1. The van der Waals surface area contributed by atoms with Gasteiger partial charge >= 0.3 is 6.03 Å². The summed E-state index contributed by atoms with van der Waals surface area (Å²) in [6.07, 6.45) is 6.20. The van der Waals surface area contributed by atoms with Crippen LogP contribution in [0, 0.1) is 11.7 Å². The zero-order chi connectivity index (χ0) is 19.7. The summed E-state index contributed by atoms with van der Waals surface area (Å²) in [7, 11) is 0. The largest absolute Gasteiger partial charge is 0.367 e. The van der Waals surface area contributed by atoms with Crippen molar-refractivity contribution in [3.8, 4) is 11.4 Å². The van der Waals surface area contributed by atoms with Crippen molar-refractivity contribution < 1.29 is 9.18 Å². The highest BCUT2D eigenvalue weighted by atomic mass is 35.5. The Kier molecular flexibility index (Phi) is 4.99. The molecule has 4 rings (SSSR count). The van der Waals surface area contributed by atoms with Crippen molar-refractivity contribution in [2.24, 2.45) is 11.7 Å². The number of halogens is 2. The number of hydrogen-bond donors (Lipinski definition) is 3. The lowest BCUT2D eigenvalue weighted by Crippen LogP contribution is -2.44. The molecule has 3 aromatic rings. The molecule has 1 atom stereocenters. The quantitative estimate of drug-likeness (QED) is 0.619. The van der Waals surface area contributed by atoms with Crippen LogP contribution in [0.3, 0.4) is 0 Å². The maximum absolute atomic E-state index is 14.2. The lowest BCUT2D eigenvalue weighted by molar-refractivity contribution is 0.177. The Hall–Kier alpha value is -2.94. The normalized spacial score (nSPS) is 17.1. The van der Waals surface area contributed by atoms with Gasteiger partial charge in [0.05, 0.1) is 11.2 Å². The van der Waals surface area contributed by atoms with Crippen molar-refractivity contribution in [2.45, 2.75) is 12.8 Å². The predicted molar refractivity (Wildman–Crippen MR) is 104 cm³/mol. The molecule has 8 nitrogen and oxygen atoms in total. The third-order valence-electron chi connectivity index (χ3n) is 4.87. The number of fused-ring (bicyclic) bond motifs is 1. The number of carbonyl (C=O) groups is 1. The minimum atomic E-state index is -0.540. The number of aromatic nitrogens is 4. The van der Waals surface area contributed by atoms with Gasteiger partial charge in [-0.3, -0.25) is 0 Å². The van der Waals surface area contributed by atoms with Crippen molar-refractivity contribution in [2.75, 3.05) is 25.0 Å². The van der Waals surface area contributed by atoms with Crippen LogP contribution in [-0.4, -0.2) is 50.5 Å². The third kappa shape index (κ3) is 3.70. The Morgan fingerprint density at radius 2 is 2.29 bits per heavy atom. The molecule has 0 aromatic carbocycles. The number of rotatable bonds is 4. The summed E-state index contributed by atoms with van der Waals surface area (Å²) in [4.78, 5) is 28.7. The number of amides is 2. The standard InChI is InChI=1S/C18H19ClFN7O/c19-11-4-12-13(7-24-15(12)23-6-11)16-25-8-14(20)17(26-16)22-5-10-2-1-3-27(9-10)18(21)28/h4,6-8,10H,1-3,5,9H2,(H2,21,28)(H,23,24)(H,22,25,26). The number of nitrogens with zero attached hydrogens (tertiary/aromatic N) is 4. The molecule has 1 fully saturated rings. The average Bonchev–Trinajstić information content (AvgIpc) is 3.10. The Balaban J connectivity index is 1.54. The lowest BCUT2D eigenvalue weighted by atomic mass is 9.98. The van der Waals surface area contributed by atoms with E-state index in [9.17, 15) is 9.18 Å². The second-order valence-corrected chi connectivity index (χ2v) is 7.25. The second kappa shape index (κ2) is 7.59. The van der Waals surface area contributed by atoms with Crippen molar-refractivity contribution in [1.82, 2.24) is 24.8 Å². The number of piperidine rings is 1. The number of aromatic amines is 1. The van der Waals surface area contributed by atoms with Gasteiger partial charge in [0, 0.05) is 43.0 Å². The van der Waals surface area contributed by atoms with Gasteiger partial charge < -0.3 is 20.9 Å². The number of H-pyrrole nitrogens is 1. The number of likely N-dealkylation sites (tertiary alicyclic amines) is 1. The summed E-state index contributed by atoms with van der Waals surface area (Å²) in [5.41, 5.74) is 6.69. The van der Waals surface area contributed by atoms with Crippen LogP contribution in [0.4, 0.5) is 15.0 Å². The van der Waals surface area contributed by atoms with Crippen LogP contribution in [0.15, 0.2) is 24.7 Å². The molecular formula is C18H19ClFN7O. The van der Waals surface area contributed by atoms with Crippen molar-refractivity contribution in [3.63, 3.8) is 0 Å². The minimum absolute atomic E-state index is 0.116. The molecule has 0 radical (unpaired) electrons. The van der Waals surface area contributed by atoms with E-state index in [-0.39, 0.29) is 11.7 Å². The SMILES string of the molecule is NC(=O)N1CCCC(CNc2nc(-c3c[nH]c4ncc(Cl)cc34)ncc2F)C1. The topological polar surface area (TPSA) is 113 Å². The zero-order valence-corrected chi connectivity index (χ0v) is 15.7. The average molecular weight is 404 g/mol. The highest BCUT2D eigenvalue weighted by molar-refractivity contribution is 6.31. The molecule has 4 heterocycles. The Labute approximate surface area is 165 Å². The molecule has 10 heteroatoms. The number of nitrogens with one attached hydrogen (secondary N) is 2. The third-order valence-corrected chi connectivity index (χ3v) is 5.08. The van der Waals surface area contributed by atoms with Crippen LogP contribution in [0.5, 0.6) is 0 Å². The Bertz CT molecular complexity index is 1020. The first-order chi connectivity index (χ1) is 13.5. The van der Waals surface area contributed by atoms with Gasteiger partial charge in [-0.1, -0.05) is 11.6 Å². The second-order valence-electron chi connectivity index (χ2n) is 6.82. The van der Waals surface area contributed by atoms with Crippen LogP contribution in [0.2, 0.25) is 5.02 Å². The van der Waals surface area contributed by atoms with E-state index >= 15 is 0 Å². The summed E-state index contributed by atoms with van der Waals surface area (Å²) in [5, 5.41) is 4.30. The number of primary amides is 1. The van der Waals surface area contributed by atoms with Gasteiger partial charge in [-0.25, -0.2) is 24.1 Å². The van der Waals surface area contributed by atoms with Gasteiger partial charge in [0.2, 0.25) is 0 Å². The first-order valence-electron chi connectivity index (χ1n) is 8.95. The first kappa shape index (κ1) is 18.4. The van der Waals surface area contributed by atoms with Crippen molar-refractivity contribution in [3.05, 3.63) is 35.5 Å². The molecule has 3 aromatic heterocycles. The van der Waals surface area contributed by atoms with Gasteiger partial charge in [-0.2, -0.15) is 0 Å². The van der Waals surface area contributed by atoms with E-state index in [4.69, 9.17) is 17.3 Å². The maximum atomic E-state index is 14.2. The van der Waals surface area contributed by atoms with E-state index in [0.717, 1.165) is 24.4 Å². The smallest absolute Gasteiger partial charge is 0.314 e. The zero-order valence-electron chi connectivity index (χ0n) is 15.0. The van der Waals surface area contributed by atoms with E-state index in [1.165, 1.54) is 0 Å². The summed E-state index contributed by atoms with van der Waals surface area (Å²) < 4.78 is 14.2. The molecule has 1 unspecified atom stereocenters. The Morgan fingerprint density at radius 3 is 3.11 bits per heavy atom.